The van der Waals surface area contributed by atoms with Crippen molar-refractivity contribution in [2.45, 2.75) is 39.5 Å². The van der Waals surface area contributed by atoms with E-state index in [1.165, 1.54) is 0 Å². The summed E-state index contributed by atoms with van der Waals surface area (Å²) in [5.41, 5.74) is 4.78. The Kier molecular flexibility index (Phi) is 3.87. The Bertz CT molecular complexity index is 905. The van der Waals surface area contributed by atoms with E-state index in [9.17, 15) is 4.79 Å². The third kappa shape index (κ3) is 2.84. The first-order chi connectivity index (χ1) is 12.1. The Hall–Kier alpha value is -2.89. The molecule has 0 spiro atoms. The molecule has 4 rings (SSSR count). The SMILES string of the molecule is Cc1noc(C)c1CC(=O)Nc1c2c(nn1-c1ccccc1)CCC2. The zero-order valence-corrected chi connectivity index (χ0v) is 14.4. The van der Waals surface area contributed by atoms with Crippen LogP contribution in [0.15, 0.2) is 34.9 Å². The quantitative estimate of drug-likeness (QED) is 0.794. The van der Waals surface area contributed by atoms with Gasteiger partial charge in [-0.05, 0) is 45.2 Å². The fourth-order valence-corrected chi connectivity index (χ4v) is 3.37. The predicted molar refractivity (Wildman–Crippen MR) is 93.9 cm³/mol. The normalized spacial score (nSPS) is 13.0. The van der Waals surface area contributed by atoms with Gasteiger partial charge in [-0.25, -0.2) is 4.68 Å². The molecule has 0 fully saturated rings. The molecular weight excluding hydrogens is 316 g/mol. The number of aromatic nitrogens is 3. The summed E-state index contributed by atoms with van der Waals surface area (Å²) in [5, 5.41) is 11.7. The molecular formula is C19H20N4O2. The van der Waals surface area contributed by atoms with Gasteiger partial charge in [-0.3, -0.25) is 4.79 Å². The van der Waals surface area contributed by atoms with Crippen LogP contribution in [-0.4, -0.2) is 20.8 Å². The van der Waals surface area contributed by atoms with E-state index in [2.05, 4.69) is 10.5 Å². The average molecular weight is 336 g/mol. The van der Waals surface area contributed by atoms with Gasteiger partial charge in [0, 0.05) is 11.1 Å². The molecule has 2 aromatic heterocycles. The molecule has 1 aliphatic carbocycles. The van der Waals surface area contributed by atoms with Crippen LogP contribution in [0.4, 0.5) is 5.82 Å². The second-order valence-corrected chi connectivity index (χ2v) is 6.40. The lowest BCUT2D eigenvalue weighted by Gasteiger charge is -2.11. The standard InChI is InChI=1S/C19H20N4O2/c1-12-16(13(2)25-22-12)11-18(24)20-19-15-9-6-10-17(15)21-23(19)14-7-4-3-5-8-14/h3-5,7-8H,6,9-11H2,1-2H3,(H,20,24). The second kappa shape index (κ2) is 6.20. The monoisotopic (exact) mass is 336 g/mol. The van der Waals surface area contributed by atoms with Gasteiger partial charge in [0.1, 0.15) is 11.6 Å². The number of amides is 1. The maximum absolute atomic E-state index is 12.6. The highest BCUT2D eigenvalue weighted by molar-refractivity contribution is 5.93. The van der Waals surface area contributed by atoms with Gasteiger partial charge in [0.25, 0.3) is 0 Å². The van der Waals surface area contributed by atoms with Crippen LogP contribution in [0.1, 0.15) is 34.7 Å². The largest absolute Gasteiger partial charge is 0.361 e. The molecule has 0 bridgehead atoms. The predicted octanol–water partition coefficient (Wildman–Crippen LogP) is 3.15. The Morgan fingerprint density at radius 2 is 2.04 bits per heavy atom. The third-order valence-electron chi connectivity index (χ3n) is 4.68. The van der Waals surface area contributed by atoms with Crippen LogP contribution >= 0.6 is 0 Å². The first kappa shape index (κ1) is 15.6. The van der Waals surface area contributed by atoms with E-state index in [1.54, 1.807) is 0 Å². The lowest BCUT2D eigenvalue weighted by Crippen LogP contribution is -2.18. The van der Waals surface area contributed by atoms with Gasteiger partial charge in [0.2, 0.25) is 5.91 Å². The summed E-state index contributed by atoms with van der Waals surface area (Å²) in [4.78, 5) is 12.6. The minimum atomic E-state index is -0.0822. The van der Waals surface area contributed by atoms with Crippen molar-refractivity contribution < 1.29 is 9.32 Å². The van der Waals surface area contributed by atoms with Crippen molar-refractivity contribution in [1.82, 2.24) is 14.9 Å². The van der Waals surface area contributed by atoms with Crippen LogP contribution in [0.2, 0.25) is 0 Å². The molecule has 1 aliphatic rings. The van der Waals surface area contributed by atoms with Crippen molar-refractivity contribution >= 4 is 11.7 Å². The van der Waals surface area contributed by atoms with Crippen LogP contribution < -0.4 is 5.32 Å². The third-order valence-corrected chi connectivity index (χ3v) is 4.68. The van der Waals surface area contributed by atoms with Crippen molar-refractivity contribution in [2.24, 2.45) is 0 Å². The van der Waals surface area contributed by atoms with Crippen LogP contribution in [0.25, 0.3) is 5.69 Å². The number of nitrogens with zero attached hydrogens (tertiary/aromatic N) is 3. The molecule has 0 saturated heterocycles. The number of hydrogen-bond donors (Lipinski definition) is 1. The lowest BCUT2D eigenvalue weighted by molar-refractivity contribution is -0.115. The molecule has 0 aliphatic heterocycles. The summed E-state index contributed by atoms with van der Waals surface area (Å²) >= 11 is 0. The van der Waals surface area contributed by atoms with Gasteiger partial charge < -0.3 is 9.84 Å². The number of hydrogen-bond acceptors (Lipinski definition) is 4. The Balaban J connectivity index is 1.65. The number of benzene rings is 1. The van der Waals surface area contributed by atoms with Crippen molar-refractivity contribution in [1.29, 1.82) is 0 Å². The van der Waals surface area contributed by atoms with Crippen LogP contribution in [0.5, 0.6) is 0 Å². The highest BCUT2D eigenvalue weighted by Gasteiger charge is 2.24. The fraction of sp³-hybridized carbons (Fsp3) is 0.316. The van der Waals surface area contributed by atoms with Gasteiger partial charge in [0.15, 0.2) is 0 Å². The first-order valence-corrected chi connectivity index (χ1v) is 8.51. The molecule has 0 saturated carbocycles. The van der Waals surface area contributed by atoms with E-state index in [4.69, 9.17) is 9.62 Å². The fourth-order valence-electron chi connectivity index (χ4n) is 3.37. The molecule has 128 valence electrons. The van der Waals surface area contributed by atoms with Crippen LogP contribution in [-0.2, 0) is 24.1 Å². The highest BCUT2D eigenvalue weighted by atomic mass is 16.5. The minimum absolute atomic E-state index is 0.0822. The molecule has 1 aromatic carbocycles. The zero-order chi connectivity index (χ0) is 17.4. The molecule has 25 heavy (non-hydrogen) atoms. The summed E-state index contributed by atoms with van der Waals surface area (Å²) in [6, 6.07) is 9.89. The maximum atomic E-state index is 12.6. The van der Waals surface area contributed by atoms with Crippen LogP contribution in [0, 0.1) is 13.8 Å². The van der Waals surface area contributed by atoms with E-state index in [0.717, 1.165) is 53.3 Å². The summed E-state index contributed by atoms with van der Waals surface area (Å²) in [7, 11) is 0. The van der Waals surface area contributed by atoms with Crippen molar-refractivity contribution in [3.63, 3.8) is 0 Å². The van der Waals surface area contributed by atoms with E-state index < -0.39 is 0 Å². The zero-order valence-electron chi connectivity index (χ0n) is 14.4. The Labute approximate surface area is 145 Å². The number of nitrogens with one attached hydrogen (secondary N) is 1. The lowest BCUT2D eigenvalue weighted by atomic mass is 10.1. The molecule has 6 nitrogen and oxygen atoms in total. The van der Waals surface area contributed by atoms with Gasteiger partial charge in [0.05, 0.1) is 23.5 Å². The molecule has 0 unspecified atom stereocenters. The summed E-state index contributed by atoms with van der Waals surface area (Å²) in [6.45, 7) is 3.68. The van der Waals surface area contributed by atoms with Gasteiger partial charge in [-0.1, -0.05) is 23.4 Å². The van der Waals surface area contributed by atoms with Crippen LogP contribution in [0.3, 0.4) is 0 Å². The highest BCUT2D eigenvalue weighted by Crippen LogP contribution is 2.31. The molecule has 0 atom stereocenters. The molecule has 0 radical (unpaired) electrons. The van der Waals surface area contributed by atoms with Crippen molar-refractivity contribution in [3.8, 4) is 5.69 Å². The Morgan fingerprint density at radius 3 is 2.76 bits per heavy atom. The van der Waals surface area contributed by atoms with Crippen molar-refractivity contribution in [3.05, 3.63) is 58.6 Å². The molecule has 6 heteroatoms. The number of aryl methyl sites for hydroxylation is 3. The average Bonchev–Trinajstić information content (AvgIpc) is 3.28. The topological polar surface area (TPSA) is 73.0 Å². The molecule has 1 amide bonds. The van der Waals surface area contributed by atoms with Crippen molar-refractivity contribution in [2.75, 3.05) is 5.32 Å². The molecule has 2 heterocycles. The van der Waals surface area contributed by atoms with E-state index in [1.807, 2.05) is 48.9 Å². The van der Waals surface area contributed by atoms with E-state index in [-0.39, 0.29) is 12.3 Å². The number of anilines is 1. The van der Waals surface area contributed by atoms with Gasteiger partial charge in [-0.15, -0.1) is 0 Å². The van der Waals surface area contributed by atoms with Gasteiger partial charge in [-0.2, -0.15) is 5.10 Å². The number of carbonyl (C=O) groups is 1. The summed E-state index contributed by atoms with van der Waals surface area (Å²) in [5.74, 6) is 1.39. The number of fused-ring (bicyclic) bond motifs is 1. The number of rotatable bonds is 4. The van der Waals surface area contributed by atoms with Gasteiger partial charge >= 0.3 is 0 Å². The van der Waals surface area contributed by atoms with E-state index in [0.29, 0.717) is 5.76 Å². The molecule has 1 N–H and O–H groups in total. The first-order valence-electron chi connectivity index (χ1n) is 8.51. The maximum Gasteiger partial charge on any atom is 0.230 e. The number of carbonyl (C=O) groups excluding carboxylic acids is 1. The molecule has 3 aromatic rings. The summed E-state index contributed by atoms with van der Waals surface area (Å²) < 4.78 is 6.99. The van der Waals surface area contributed by atoms with E-state index >= 15 is 0 Å². The summed E-state index contributed by atoms with van der Waals surface area (Å²) in [6.07, 6.45) is 3.24. The Morgan fingerprint density at radius 1 is 1.24 bits per heavy atom. The number of para-hydroxylation sites is 1. The smallest absolute Gasteiger partial charge is 0.230 e. The minimum Gasteiger partial charge on any atom is -0.361 e. The second-order valence-electron chi connectivity index (χ2n) is 6.40.